The van der Waals surface area contributed by atoms with Gasteiger partial charge < -0.3 is 10.6 Å². The number of carbonyl (C=O) groups excluding carboxylic acids is 3. The molecule has 0 saturated carbocycles. The van der Waals surface area contributed by atoms with E-state index < -0.39 is 11.9 Å². The number of hydrogen-bond donors (Lipinski definition) is 3. The predicted octanol–water partition coefficient (Wildman–Crippen LogP) is 2.10. The van der Waals surface area contributed by atoms with Crippen LogP contribution in [0.3, 0.4) is 0 Å². The van der Waals surface area contributed by atoms with Crippen molar-refractivity contribution < 1.29 is 14.4 Å². The van der Waals surface area contributed by atoms with Crippen LogP contribution in [0.2, 0.25) is 10.0 Å². The van der Waals surface area contributed by atoms with E-state index in [9.17, 15) is 14.4 Å². The summed E-state index contributed by atoms with van der Waals surface area (Å²) in [4.78, 5) is 36.5. The maximum absolute atomic E-state index is 12.0. The van der Waals surface area contributed by atoms with Crippen LogP contribution in [-0.2, 0) is 9.59 Å². The largest absolute Gasteiger partial charge is 0.338 e. The van der Waals surface area contributed by atoms with Crippen molar-refractivity contribution in [2.75, 3.05) is 32.0 Å². The second kappa shape index (κ2) is 10.1. The molecule has 1 aromatic carbocycles. The zero-order valence-electron chi connectivity index (χ0n) is 13.5. The van der Waals surface area contributed by atoms with Crippen LogP contribution in [0.5, 0.6) is 0 Å². The number of anilines is 1. The molecule has 0 unspecified atom stereocenters. The summed E-state index contributed by atoms with van der Waals surface area (Å²) >= 11 is 11.9. The van der Waals surface area contributed by atoms with Gasteiger partial charge in [-0.05, 0) is 25.6 Å². The molecule has 24 heavy (non-hydrogen) atoms. The van der Waals surface area contributed by atoms with Gasteiger partial charge in [-0.3, -0.25) is 19.8 Å². The molecular weight excluding hydrogens is 355 g/mol. The second-order valence-corrected chi connectivity index (χ2v) is 5.94. The van der Waals surface area contributed by atoms with E-state index in [1.165, 1.54) is 4.90 Å². The first-order valence-electron chi connectivity index (χ1n) is 7.33. The molecule has 4 amide bonds. The van der Waals surface area contributed by atoms with E-state index in [0.29, 0.717) is 22.3 Å². The van der Waals surface area contributed by atoms with Crippen LogP contribution in [0, 0.1) is 0 Å². The number of halogens is 2. The second-order valence-electron chi connectivity index (χ2n) is 5.12. The molecule has 7 nitrogen and oxygen atoms in total. The highest BCUT2D eigenvalue weighted by molar-refractivity contribution is 6.39. The van der Waals surface area contributed by atoms with E-state index >= 15 is 0 Å². The Morgan fingerprint density at radius 2 is 1.67 bits per heavy atom. The lowest BCUT2D eigenvalue weighted by Crippen LogP contribution is -2.45. The van der Waals surface area contributed by atoms with Crippen LogP contribution < -0.4 is 16.0 Å². The van der Waals surface area contributed by atoms with Crippen molar-refractivity contribution >= 4 is 46.7 Å². The minimum Gasteiger partial charge on any atom is -0.338 e. The molecule has 1 aromatic rings. The maximum Gasteiger partial charge on any atom is 0.321 e. The number of nitrogens with zero attached hydrogens (tertiary/aromatic N) is 1. The van der Waals surface area contributed by atoms with Gasteiger partial charge in [-0.1, -0.05) is 36.2 Å². The first-order valence-corrected chi connectivity index (χ1v) is 8.09. The van der Waals surface area contributed by atoms with Gasteiger partial charge in [0.15, 0.2) is 0 Å². The van der Waals surface area contributed by atoms with E-state index in [1.54, 1.807) is 25.2 Å². The lowest BCUT2D eigenvalue weighted by atomic mass is 10.3. The molecule has 0 bridgehead atoms. The van der Waals surface area contributed by atoms with Crippen LogP contribution in [0.25, 0.3) is 0 Å². The highest BCUT2D eigenvalue weighted by atomic mass is 35.5. The van der Waals surface area contributed by atoms with Crippen LogP contribution in [0.4, 0.5) is 10.5 Å². The Hall–Kier alpha value is -1.83. The van der Waals surface area contributed by atoms with Crippen LogP contribution >= 0.6 is 23.2 Å². The van der Waals surface area contributed by atoms with Crippen molar-refractivity contribution in [2.45, 2.75) is 13.3 Å². The van der Waals surface area contributed by atoms with E-state index in [4.69, 9.17) is 23.2 Å². The van der Waals surface area contributed by atoms with E-state index in [2.05, 4.69) is 16.0 Å². The topological polar surface area (TPSA) is 90.5 Å². The third-order valence-electron chi connectivity index (χ3n) is 2.84. The molecule has 0 radical (unpaired) electrons. The molecule has 0 heterocycles. The van der Waals surface area contributed by atoms with Gasteiger partial charge >= 0.3 is 6.03 Å². The molecule has 0 aliphatic carbocycles. The Kier molecular flexibility index (Phi) is 8.53. The Bertz CT molecular complexity index is 590. The Morgan fingerprint density at radius 3 is 2.25 bits per heavy atom. The average Bonchev–Trinajstić information content (AvgIpc) is 2.48. The van der Waals surface area contributed by atoms with Gasteiger partial charge in [-0.15, -0.1) is 0 Å². The third-order valence-corrected chi connectivity index (χ3v) is 3.47. The molecule has 9 heteroatoms. The number of para-hydroxylation sites is 1. The molecule has 0 aliphatic rings. The van der Waals surface area contributed by atoms with Crippen LogP contribution in [-0.4, -0.2) is 49.4 Å². The summed E-state index contributed by atoms with van der Waals surface area (Å²) in [6, 6.07) is 4.33. The van der Waals surface area contributed by atoms with Crippen molar-refractivity contribution in [2.24, 2.45) is 0 Å². The highest BCUT2D eigenvalue weighted by Crippen LogP contribution is 2.29. The average molecular weight is 375 g/mol. The van der Waals surface area contributed by atoms with Crippen molar-refractivity contribution in [3.63, 3.8) is 0 Å². The highest BCUT2D eigenvalue weighted by Gasteiger charge is 2.14. The summed E-state index contributed by atoms with van der Waals surface area (Å²) in [7, 11) is 1.58. The fourth-order valence-corrected chi connectivity index (χ4v) is 2.28. The molecule has 0 aliphatic heterocycles. The van der Waals surface area contributed by atoms with Gasteiger partial charge in [0, 0.05) is 6.54 Å². The summed E-state index contributed by atoms with van der Waals surface area (Å²) < 4.78 is 0. The summed E-state index contributed by atoms with van der Waals surface area (Å²) in [5.41, 5.74) is 0.322. The molecule has 1 rings (SSSR count). The molecule has 0 spiro atoms. The smallest absolute Gasteiger partial charge is 0.321 e. The van der Waals surface area contributed by atoms with Gasteiger partial charge in [0.05, 0.1) is 28.8 Å². The predicted molar refractivity (Wildman–Crippen MR) is 94.4 cm³/mol. The van der Waals surface area contributed by atoms with E-state index in [0.717, 1.165) is 6.42 Å². The Morgan fingerprint density at radius 1 is 1.08 bits per heavy atom. The Balaban J connectivity index is 2.44. The minimum atomic E-state index is -0.553. The number of nitrogens with one attached hydrogen (secondary N) is 3. The SMILES string of the molecule is CCCNC(=O)NC(=O)CN(C)CC(=O)Nc1c(Cl)cccc1Cl. The summed E-state index contributed by atoms with van der Waals surface area (Å²) in [5.74, 6) is -0.884. The summed E-state index contributed by atoms with van der Waals surface area (Å²) in [5, 5.41) is 7.95. The van der Waals surface area contributed by atoms with Gasteiger partial charge in [-0.25, -0.2) is 4.79 Å². The van der Waals surface area contributed by atoms with E-state index in [-0.39, 0.29) is 19.0 Å². The monoisotopic (exact) mass is 374 g/mol. The summed E-state index contributed by atoms with van der Waals surface area (Å²) in [6.07, 6.45) is 0.770. The number of hydrogen-bond acceptors (Lipinski definition) is 4. The molecular formula is C15H20Cl2N4O3. The number of benzene rings is 1. The molecule has 0 fully saturated rings. The third kappa shape index (κ3) is 7.16. The van der Waals surface area contributed by atoms with Crippen molar-refractivity contribution in [3.05, 3.63) is 28.2 Å². The molecule has 0 atom stereocenters. The van der Waals surface area contributed by atoms with Gasteiger partial charge in [0.2, 0.25) is 11.8 Å². The number of carbonyl (C=O) groups is 3. The standard InChI is InChI=1S/C15H20Cl2N4O3/c1-3-7-18-15(24)20-13(23)9-21(2)8-12(22)19-14-10(16)5-4-6-11(14)17/h4-6H,3,7-9H2,1-2H3,(H,19,22)(H2,18,20,23,24). The minimum absolute atomic E-state index is 0.0639. The molecule has 0 aromatic heterocycles. The van der Waals surface area contributed by atoms with Crippen molar-refractivity contribution in [1.29, 1.82) is 0 Å². The van der Waals surface area contributed by atoms with Gasteiger partial charge in [-0.2, -0.15) is 0 Å². The zero-order chi connectivity index (χ0) is 18.1. The van der Waals surface area contributed by atoms with Crippen LogP contribution in [0.1, 0.15) is 13.3 Å². The fourth-order valence-electron chi connectivity index (χ4n) is 1.79. The number of urea groups is 1. The number of amides is 4. The molecule has 3 N–H and O–H groups in total. The first kappa shape index (κ1) is 20.2. The van der Waals surface area contributed by atoms with Crippen molar-refractivity contribution in [1.82, 2.24) is 15.5 Å². The van der Waals surface area contributed by atoms with Gasteiger partial charge in [0.25, 0.3) is 0 Å². The first-order chi connectivity index (χ1) is 11.3. The number of rotatable bonds is 7. The number of imide groups is 1. The van der Waals surface area contributed by atoms with Crippen LogP contribution in [0.15, 0.2) is 18.2 Å². The molecule has 132 valence electrons. The molecule has 0 saturated heterocycles. The summed E-state index contributed by atoms with van der Waals surface area (Å²) in [6.45, 7) is 2.21. The lowest BCUT2D eigenvalue weighted by Gasteiger charge is -2.16. The zero-order valence-corrected chi connectivity index (χ0v) is 15.0. The lowest BCUT2D eigenvalue weighted by molar-refractivity contribution is -0.122. The van der Waals surface area contributed by atoms with Gasteiger partial charge in [0.1, 0.15) is 0 Å². The maximum atomic E-state index is 12.0. The Labute approximate surface area is 150 Å². The van der Waals surface area contributed by atoms with E-state index in [1.807, 2.05) is 6.92 Å². The van der Waals surface area contributed by atoms with Crippen molar-refractivity contribution in [3.8, 4) is 0 Å². The fraction of sp³-hybridized carbons (Fsp3) is 0.400. The normalized spacial score (nSPS) is 10.4. The quantitative estimate of drug-likeness (QED) is 0.681. The number of likely N-dealkylation sites (N-methyl/N-ethyl adjacent to an activating group) is 1.